The fourth-order valence-corrected chi connectivity index (χ4v) is 2.39. The van der Waals surface area contributed by atoms with Gasteiger partial charge in [-0.15, -0.1) is 0 Å². The Balaban J connectivity index is 2.01. The average molecular weight is 415 g/mol. The number of hydrogen-bond acceptors (Lipinski definition) is 6. The number of hydrogen-bond donors (Lipinski definition) is 2. The first-order chi connectivity index (χ1) is 13.9. The van der Waals surface area contributed by atoms with Crippen LogP contribution in [-0.4, -0.2) is 33.2 Å². The molecule has 0 saturated heterocycles. The van der Waals surface area contributed by atoms with Gasteiger partial charge in [-0.1, -0.05) is 0 Å². The van der Waals surface area contributed by atoms with Crippen molar-refractivity contribution in [3.8, 4) is 11.4 Å². The summed E-state index contributed by atoms with van der Waals surface area (Å²) in [7, 11) is 0. The molecule has 0 aliphatic rings. The molecule has 0 aliphatic carbocycles. The van der Waals surface area contributed by atoms with E-state index in [4.69, 9.17) is 9.47 Å². The van der Waals surface area contributed by atoms with Crippen molar-refractivity contribution in [2.75, 3.05) is 0 Å². The van der Waals surface area contributed by atoms with Crippen molar-refractivity contribution in [1.29, 1.82) is 0 Å². The number of nitrogens with zero attached hydrogens (tertiary/aromatic N) is 2. The summed E-state index contributed by atoms with van der Waals surface area (Å²) in [4.78, 5) is 32.4. The maximum atomic E-state index is 11.8. The van der Waals surface area contributed by atoms with Crippen LogP contribution in [0.15, 0.2) is 36.7 Å². The molecule has 2 heterocycles. The average Bonchev–Trinajstić information content (AvgIpc) is 2.62. The molecular weight excluding hydrogens is 384 g/mol. The molecule has 2 N–H and O–H groups in total. The van der Waals surface area contributed by atoms with E-state index in [2.05, 4.69) is 20.6 Å². The van der Waals surface area contributed by atoms with Gasteiger partial charge in [0.25, 0.3) is 0 Å². The number of pyridine rings is 2. The molecule has 30 heavy (non-hydrogen) atoms. The summed E-state index contributed by atoms with van der Waals surface area (Å²) in [6.07, 6.45) is 2.31. The fraction of sp³-hybridized carbons (Fsp3) is 0.455. The molecule has 0 unspecified atom stereocenters. The summed E-state index contributed by atoms with van der Waals surface area (Å²) in [5.41, 5.74) is 2.11. The second-order valence-corrected chi connectivity index (χ2v) is 9.00. The van der Waals surface area contributed by atoms with Crippen molar-refractivity contribution < 1.29 is 19.1 Å². The third-order valence-corrected chi connectivity index (χ3v) is 3.61. The van der Waals surface area contributed by atoms with Gasteiger partial charge in [0.2, 0.25) is 0 Å². The highest BCUT2D eigenvalue weighted by Crippen LogP contribution is 2.18. The maximum Gasteiger partial charge on any atom is 0.407 e. The number of ether oxygens (including phenoxy) is 2. The highest BCUT2D eigenvalue weighted by Gasteiger charge is 2.16. The van der Waals surface area contributed by atoms with Gasteiger partial charge in [-0.2, -0.15) is 0 Å². The van der Waals surface area contributed by atoms with E-state index in [1.807, 2.05) is 53.7 Å². The van der Waals surface area contributed by atoms with Crippen LogP contribution >= 0.6 is 0 Å². The zero-order valence-electron chi connectivity index (χ0n) is 18.4. The van der Waals surface area contributed by atoms with Crippen molar-refractivity contribution in [2.24, 2.45) is 0 Å². The Hall–Kier alpha value is -3.16. The second-order valence-electron chi connectivity index (χ2n) is 9.00. The van der Waals surface area contributed by atoms with Crippen molar-refractivity contribution in [2.45, 2.75) is 65.8 Å². The zero-order valence-corrected chi connectivity index (χ0v) is 18.4. The van der Waals surface area contributed by atoms with Gasteiger partial charge in [-0.25, -0.2) is 9.59 Å². The highest BCUT2D eigenvalue weighted by molar-refractivity contribution is 5.68. The minimum absolute atomic E-state index is 0.118. The van der Waals surface area contributed by atoms with Crippen LogP contribution in [0.25, 0.3) is 11.4 Å². The van der Waals surface area contributed by atoms with Crippen LogP contribution in [0.5, 0.6) is 0 Å². The quantitative estimate of drug-likeness (QED) is 0.760. The van der Waals surface area contributed by atoms with Crippen molar-refractivity contribution in [1.82, 2.24) is 20.6 Å². The molecule has 0 aliphatic heterocycles. The molecule has 2 aromatic heterocycles. The SMILES string of the molecule is CC(C)(C)NC(=O)OCc1ccnc(-c2cc(COC(=O)NC(C)(C)C)ccn2)c1. The first-order valence-corrected chi connectivity index (χ1v) is 9.71. The predicted molar refractivity (Wildman–Crippen MR) is 114 cm³/mol. The number of rotatable bonds is 5. The van der Waals surface area contributed by atoms with E-state index in [0.717, 1.165) is 11.1 Å². The largest absolute Gasteiger partial charge is 0.445 e. The smallest absolute Gasteiger partial charge is 0.407 e. The van der Waals surface area contributed by atoms with Crippen LogP contribution in [-0.2, 0) is 22.7 Å². The number of carbonyl (C=O) groups is 2. The maximum absolute atomic E-state index is 11.8. The minimum Gasteiger partial charge on any atom is -0.445 e. The Morgan fingerprint density at radius 3 is 1.47 bits per heavy atom. The first kappa shape index (κ1) is 23.1. The van der Waals surface area contributed by atoms with E-state index >= 15 is 0 Å². The molecule has 162 valence electrons. The van der Waals surface area contributed by atoms with Crippen molar-refractivity contribution in [3.63, 3.8) is 0 Å². The summed E-state index contributed by atoms with van der Waals surface area (Å²) in [6, 6.07) is 7.17. The van der Waals surface area contributed by atoms with Gasteiger partial charge in [0, 0.05) is 23.5 Å². The lowest BCUT2D eigenvalue weighted by Gasteiger charge is -2.20. The third-order valence-electron chi connectivity index (χ3n) is 3.61. The van der Waals surface area contributed by atoms with Crippen LogP contribution < -0.4 is 10.6 Å². The Morgan fingerprint density at radius 2 is 1.13 bits per heavy atom. The summed E-state index contributed by atoms with van der Waals surface area (Å²) in [5, 5.41) is 5.49. The van der Waals surface area contributed by atoms with Crippen LogP contribution in [0.4, 0.5) is 9.59 Å². The van der Waals surface area contributed by atoms with E-state index in [0.29, 0.717) is 11.4 Å². The Kier molecular flexibility index (Phi) is 7.37. The zero-order chi connectivity index (χ0) is 22.4. The van der Waals surface area contributed by atoms with Crippen LogP contribution in [0.3, 0.4) is 0 Å². The van der Waals surface area contributed by atoms with E-state index in [-0.39, 0.29) is 24.3 Å². The topological polar surface area (TPSA) is 102 Å². The molecule has 8 nitrogen and oxygen atoms in total. The first-order valence-electron chi connectivity index (χ1n) is 9.71. The summed E-state index contributed by atoms with van der Waals surface area (Å²) in [5.74, 6) is 0. The van der Waals surface area contributed by atoms with Gasteiger partial charge in [0.1, 0.15) is 13.2 Å². The molecule has 0 spiro atoms. The second kappa shape index (κ2) is 9.56. The molecule has 2 amide bonds. The van der Waals surface area contributed by atoms with Crippen LogP contribution in [0.1, 0.15) is 52.7 Å². The van der Waals surface area contributed by atoms with Gasteiger partial charge in [0.15, 0.2) is 0 Å². The van der Waals surface area contributed by atoms with Gasteiger partial charge < -0.3 is 20.1 Å². The lowest BCUT2D eigenvalue weighted by molar-refractivity contribution is 0.130. The fourth-order valence-electron chi connectivity index (χ4n) is 2.39. The predicted octanol–water partition coefficient (Wildman–Crippen LogP) is 4.19. The van der Waals surface area contributed by atoms with E-state index < -0.39 is 12.2 Å². The van der Waals surface area contributed by atoms with E-state index in [1.54, 1.807) is 24.5 Å². The molecule has 0 saturated carbocycles. The standard InChI is InChI=1S/C22H30N4O4/c1-21(2,3)25-19(27)29-13-15-7-9-23-17(11-15)18-12-16(8-10-24-18)14-30-20(28)26-22(4,5)6/h7-12H,13-14H2,1-6H3,(H,25,27)(H,26,28). The van der Waals surface area contributed by atoms with Gasteiger partial charge in [-0.05, 0) is 76.9 Å². The molecule has 0 fully saturated rings. The Labute approximate surface area is 177 Å². The summed E-state index contributed by atoms with van der Waals surface area (Å²) in [6.45, 7) is 11.5. The Morgan fingerprint density at radius 1 is 0.767 bits per heavy atom. The third kappa shape index (κ3) is 8.46. The molecule has 0 aromatic carbocycles. The molecule has 0 radical (unpaired) electrons. The monoisotopic (exact) mass is 414 g/mol. The normalized spacial score (nSPS) is 11.5. The summed E-state index contributed by atoms with van der Waals surface area (Å²) >= 11 is 0. The molecule has 0 atom stereocenters. The molecule has 2 aromatic rings. The lowest BCUT2D eigenvalue weighted by atomic mass is 10.1. The van der Waals surface area contributed by atoms with E-state index in [9.17, 15) is 9.59 Å². The Bertz CT molecular complexity index is 812. The number of carbonyl (C=O) groups excluding carboxylic acids is 2. The van der Waals surface area contributed by atoms with Gasteiger partial charge in [-0.3, -0.25) is 9.97 Å². The molecule has 2 rings (SSSR count). The minimum atomic E-state index is -0.480. The molecule has 0 bridgehead atoms. The van der Waals surface area contributed by atoms with Crippen molar-refractivity contribution in [3.05, 3.63) is 47.8 Å². The highest BCUT2D eigenvalue weighted by atomic mass is 16.6. The number of aromatic nitrogens is 2. The van der Waals surface area contributed by atoms with Gasteiger partial charge in [0.05, 0.1) is 11.4 Å². The number of nitrogens with one attached hydrogen (secondary N) is 2. The van der Waals surface area contributed by atoms with Gasteiger partial charge >= 0.3 is 12.2 Å². The summed E-state index contributed by atoms with van der Waals surface area (Å²) < 4.78 is 10.5. The van der Waals surface area contributed by atoms with Crippen molar-refractivity contribution >= 4 is 12.2 Å². The number of alkyl carbamates (subject to hydrolysis) is 2. The molecular formula is C22H30N4O4. The number of amides is 2. The lowest BCUT2D eigenvalue weighted by Crippen LogP contribution is -2.40. The van der Waals surface area contributed by atoms with Crippen LogP contribution in [0.2, 0.25) is 0 Å². The van der Waals surface area contributed by atoms with E-state index in [1.165, 1.54) is 0 Å². The van der Waals surface area contributed by atoms with Crippen LogP contribution in [0, 0.1) is 0 Å². The molecule has 8 heteroatoms.